The monoisotopic (exact) mass is 296 g/mol. The number of hydrogen-bond donors (Lipinski definition) is 1. The van der Waals surface area contributed by atoms with Crippen LogP contribution < -0.4 is 10.2 Å². The summed E-state index contributed by atoms with van der Waals surface area (Å²) >= 11 is 0. The van der Waals surface area contributed by atoms with Crippen LogP contribution >= 0.6 is 0 Å². The van der Waals surface area contributed by atoms with Gasteiger partial charge in [-0.05, 0) is 49.4 Å². The van der Waals surface area contributed by atoms with Crippen LogP contribution in [0.5, 0.6) is 0 Å². The van der Waals surface area contributed by atoms with E-state index in [-0.39, 0.29) is 11.7 Å². The van der Waals surface area contributed by atoms with Crippen molar-refractivity contribution in [2.45, 2.75) is 52.6 Å². The molecule has 2 nitrogen and oxygen atoms in total. The van der Waals surface area contributed by atoms with Gasteiger partial charge >= 0.3 is 0 Å². The Morgan fingerprint density at radius 3 is 2.52 bits per heavy atom. The molecule has 1 saturated heterocycles. The lowest BCUT2D eigenvalue weighted by molar-refractivity contribution is 0.476. The average Bonchev–Trinajstić information content (AvgIpc) is 2.87. The lowest BCUT2D eigenvalue weighted by atomic mass is 10.0. The molecule has 0 aliphatic carbocycles. The molecule has 1 N–H and O–H groups in total. The zero-order valence-corrected chi connectivity index (χ0v) is 13.3. The molecule has 0 aromatic heterocycles. The van der Waals surface area contributed by atoms with Crippen LogP contribution in [0.3, 0.4) is 0 Å². The van der Waals surface area contributed by atoms with E-state index in [0.29, 0.717) is 18.0 Å². The minimum Gasteiger partial charge on any atom is -0.364 e. The third-order valence-corrected chi connectivity index (χ3v) is 4.19. The highest BCUT2D eigenvalue weighted by Gasteiger charge is 2.31. The number of halogens is 2. The first-order chi connectivity index (χ1) is 10.0. The van der Waals surface area contributed by atoms with Gasteiger partial charge in [-0.3, -0.25) is 0 Å². The molecule has 1 heterocycles. The molecule has 118 valence electrons. The fraction of sp³-hybridized carbons (Fsp3) is 0.647. The second kappa shape index (κ2) is 7.21. The van der Waals surface area contributed by atoms with E-state index in [1.165, 1.54) is 12.1 Å². The minimum absolute atomic E-state index is 0.158. The van der Waals surface area contributed by atoms with Crippen molar-refractivity contribution in [3.63, 3.8) is 0 Å². The Balaban J connectivity index is 2.20. The van der Waals surface area contributed by atoms with E-state index in [2.05, 4.69) is 26.1 Å². The van der Waals surface area contributed by atoms with Crippen molar-refractivity contribution in [1.82, 2.24) is 5.32 Å². The van der Waals surface area contributed by atoms with E-state index in [4.69, 9.17) is 0 Å². The van der Waals surface area contributed by atoms with Gasteiger partial charge in [-0.1, -0.05) is 20.8 Å². The standard InChI is InChI=1S/C17H26F2N2/c1-4-7-20-11-13-9-14(18)17(15(19)10-13)21-8-5-6-16(21)12(2)3/h9-10,12,16,20H,4-8,11H2,1-3H3. The molecule has 0 saturated carbocycles. The summed E-state index contributed by atoms with van der Waals surface area (Å²) in [6.45, 7) is 8.40. The highest BCUT2D eigenvalue weighted by molar-refractivity contribution is 5.52. The summed E-state index contributed by atoms with van der Waals surface area (Å²) in [5, 5.41) is 3.17. The molecule has 1 aromatic carbocycles. The van der Waals surface area contributed by atoms with Crippen LogP contribution in [-0.2, 0) is 6.54 Å². The number of nitrogens with zero attached hydrogens (tertiary/aromatic N) is 1. The summed E-state index contributed by atoms with van der Waals surface area (Å²) in [7, 11) is 0. The fourth-order valence-electron chi connectivity index (χ4n) is 3.17. The Morgan fingerprint density at radius 2 is 1.95 bits per heavy atom. The highest BCUT2D eigenvalue weighted by Crippen LogP contribution is 2.34. The molecular formula is C17H26F2N2. The van der Waals surface area contributed by atoms with Crippen molar-refractivity contribution in [3.8, 4) is 0 Å². The van der Waals surface area contributed by atoms with E-state index in [1.807, 2.05) is 4.90 Å². The summed E-state index contributed by atoms with van der Waals surface area (Å²) in [5.41, 5.74) is 0.827. The van der Waals surface area contributed by atoms with Crippen LogP contribution in [0.2, 0.25) is 0 Å². The first-order valence-corrected chi connectivity index (χ1v) is 7.99. The second-order valence-corrected chi connectivity index (χ2v) is 6.23. The third kappa shape index (κ3) is 3.73. The van der Waals surface area contributed by atoms with Gasteiger partial charge in [-0.15, -0.1) is 0 Å². The summed E-state index contributed by atoms with van der Waals surface area (Å²) in [6, 6.07) is 3.17. The van der Waals surface area contributed by atoms with Crippen molar-refractivity contribution in [3.05, 3.63) is 29.3 Å². The Hall–Kier alpha value is -1.16. The fourth-order valence-corrected chi connectivity index (χ4v) is 3.17. The van der Waals surface area contributed by atoms with Gasteiger partial charge in [0.05, 0.1) is 0 Å². The van der Waals surface area contributed by atoms with Gasteiger partial charge in [0.1, 0.15) is 17.3 Å². The molecule has 4 heteroatoms. The number of benzene rings is 1. The normalized spacial score (nSPS) is 18.8. The van der Waals surface area contributed by atoms with Crippen molar-refractivity contribution in [2.24, 2.45) is 5.92 Å². The average molecular weight is 296 g/mol. The number of anilines is 1. The molecule has 0 bridgehead atoms. The largest absolute Gasteiger partial charge is 0.364 e. The molecule has 1 fully saturated rings. The first kappa shape index (κ1) is 16.2. The highest BCUT2D eigenvalue weighted by atomic mass is 19.1. The Morgan fingerprint density at radius 1 is 1.29 bits per heavy atom. The molecule has 21 heavy (non-hydrogen) atoms. The lowest BCUT2D eigenvalue weighted by Crippen LogP contribution is -2.34. The van der Waals surface area contributed by atoms with E-state index in [9.17, 15) is 8.78 Å². The molecule has 1 aliphatic heterocycles. The molecule has 0 radical (unpaired) electrons. The van der Waals surface area contributed by atoms with Gasteiger partial charge in [0, 0.05) is 19.1 Å². The van der Waals surface area contributed by atoms with Crippen LogP contribution in [-0.4, -0.2) is 19.1 Å². The van der Waals surface area contributed by atoms with Gasteiger partial charge in [0.15, 0.2) is 0 Å². The summed E-state index contributed by atoms with van der Waals surface area (Å²) < 4.78 is 28.8. The zero-order chi connectivity index (χ0) is 15.4. The predicted molar refractivity (Wildman–Crippen MR) is 83.6 cm³/mol. The number of rotatable bonds is 6. The molecule has 1 atom stereocenters. The van der Waals surface area contributed by atoms with E-state index >= 15 is 0 Å². The van der Waals surface area contributed by atoms with Crippen LogP contribution in [0, 0.1) is 17.6 Å². The van der Waals surface area contributed by atoms with Gasteiger partial charge in [-0.2, -0.15) is 0 Å². The van der Waals surface area contributed by atoms with Gasteiger partial charge in [0.25, 0.3) is 0 Å². The first-order valence-electron chi connectivity index (χ1n) is 7.99. The molecule has 2 rings (SSSR count). The molecule has 1 aliphatic rings. The quantitative estimate of drug-likeness (QED) is 0.795. The van der Waals surface area contributed by atoms with E-state index < -0.39 is 11.6 Å². The maximum atomic E-state index is 14.4. The minimum atomic E-state index is -0.434. The van der Waals surface area contributed by atoms with E-state index in [0.717, 1.165) is 32.4 Å². The van der Waals surface area contributed by atoms with Crippen LogP contribution in [0.15, 0.2) is 12.1 Å². The van der Waals surface area contributed by atoms with Crippen molar-refractivity contribution >= 4 is 5.69 Å². The topological polar surface area (TPSA) is 15.3 Å². The van der Waals surface area contributed by atoms with Crippen molar-refractivity contribution in [2.75, 3.05) is 18.0 Å². The third-order valence-electron chi connectivity index (χ3n) is 4.19. The Bertz CT molecular complexity index is 451. The maximum absolute atomic E-state index is 14.4. The molecule has 1 aromatic rings. The van der Waals surface area contributed by atoms with Gasteiger partial charge in [0.2, 0.25) is 0 Å². The summed E-state index contributed by atoms with van der Waals surface area (Å²) in [4.78, 5) is 1.92. The number of hydrogen-bond acceptors (Lipinski definition) is 2. The van der Waals surface area contributed by atoms with Crippen molar-refractivity contribution in [1.29, 1.82) is 0 Å². The van der Waals surface area contributed by atoms with Crippen molar-refractivity contribution < 1.29 is 8.78 Å². The maximum Gasteiger partial charge on any atom is 0.149 e. The van der Waals surface area contributed by atoms with Gasteiger partial charge in [-0.25, -0.2) is 8.78 Å². The van der Waals surface area contributed by atoms with Crippen LogP contribution in [0.4, 0.5) is 14.5 Å². The predicted octanol–water partition coefficient (Wildman–Crippen LogP) is 4.09. The van der Waals surface area contributed by atoms with Crippen LogP contribution in [0.1, 0.15) is 45.6 Å². The Kier molecular flexibility index (Phi) is 5.57. The smallest absolute Gasteiger partial charge is 0.149 e. The SMILES string of the molecule is CCCNCc1cc(F)c(N2CCCC2C(C)C)c(F)c1. The van der Waals surface area contributed by atoms with Crippen LogP contribution in [0.25, 0.3) is 0 Å². The van der Waals surface area contributed by atoms with Gasteiger partial charge < -0.3 is 10.2 Å². The summed E-state index contributed by atoms with van der Waals surface area (Å²) in [5.74, 6) is -0.469. The number of nitrogens with one attached hydrogen (secondary N) is 1. The molecule has 0 spiro atoms. The lowest BCUT2D eigenvalue weighted by Gasteiger charge is -2.30. The molecule has 1 unspecified atom stereocenters. The second-order valence-electron chi connectivity index (χ2n) is 6.23. The summed E-state index contributed by atoms with van der Waals surface area (Å²) in [6.07, 6.45) is 3.02. The van der Waals surface area contributed by atoms with E-state index in [1.54, 1.807) is 0 Å². The molecule has 0 amide bonds. The Labute approximate surface area is 126 Å². The molecular weight excluding hydrogens is 270 g/mol. The zero-order valence-electron chi connectivity index (χ0n) is 13.3.